The van der Waals surface area contributed by atoms with Crippen LogP contribution in [0.25, 0.3) is 0 Å². The molecule has 1 atom stereocenters. The molecule has 1 aliphatic rings. The molecule has 1 aliphatic heterocycles. The minimum Gasteiger partial charge on any atom is -0.395 e. The molecule has 0 amide bonds. The van der Waals surface area contributed by atoms with E-state index in [9.17, 15) is 5.11 Å². The minimum absolute atomic E-state index is 0.134. The molecule has 3 nitrogen and oxygen atoms in total. The summed E-state index contributed by atoms with van der Waals surface area (Å²) in [5.41, 5.74) is 0.134. The topological polar surface area (TPSA) is 26.7 Å². The number of aliphatic hydroxyl groups is 1. The summed E-state index contributed by atoms with van der Waals surface area (Å²) in [6.45, 7) is 11.3. The molecular formula is C11H22N2O. The van der Waals surface area contributed by atoms with Gasteiger partial charge in [-0.25, -0.2) is 0 Å². The Balaban J connectivity index is 2.68. The highest BCUT2D eigenvalue weighted by Crippen LogP contribution is 2.22. The van der Waals surface area contributed by atoms with E-state index in [4.69, 9.17) is 0 Å². The van der Waals surface area contributed by atoms with Crippen molar-refractivity contribution >= 4 is 0 Å². The molecule has 0 aromatic rings. The van der Waals surface area contributed by atoms with Gasteiger partial charge in [-0.2, -0.15) is 0 Å². The first-order chi connectivity index (χ1) is 6.51. The molecule has 1 heterocycles. The van der Waals surface area contributed by atoms with Crippen LogP contribution < -0.4 is 0 Å². The lowest BCUT2D eigenvalue weighted by atomic mass is 9.96. The van der Waals surface area contributed by atoms with Crippen molar-refractivity contribution in [3.63, 3.8) is 0 Å². The highest BCUT2D eigenvalue weighted by Gasteiger charge is 2.36. The molecule has 1 unspecified atom stereocenters. The first-order valence-corrected chi connectivity index (χ1v) is 5.18. The molecule has 1 saturated heterocycles. The fourth-order valence-corrected chi connectivity index (χ4v) is 2.14. The van der Waals surface area contributed by atoms with Crippen LogP contribution in [0.3, 0.4) is 0 Å². The Morgan fingerprint density at radius 2 is 2.21 bits per heavy atom. The zero-order valence-electron chi connectivity index (χ0n) is 9.53. The van der Waals surface area contributed by atoms with Crippen LogP contribution in [0.2, 0.25) is 0 Å². The molecule has 0 radical (unpaired) electrons. The minimum atomic E-state index is 0.134. The van der Waals surface area contributed by atoms with E-state index in [0.717, 1.165) is 19.6 Å². The molecular weight excluding hydrogens is 176 g/mol. The Kier molecular flexibility index (Phi) is 3.70. The lowest BCUT2D eigenvalue weighted by Gasteiger charge is -2.49. The van der Waals surface area contributed by atoms with Gasteiger partial charge in [-0.05, 0) is 20.9 Å². The smallest absolute Gasteiger partial charge is 0.0599 e. The summed E-state index contributed by atoms with van der Waals surface area (Å²) in [4.78, 5) is 4.61. The van der Waals surface area contributed by atoms with E-state index in [1.54, 1.807) is 0 Å². The standard InChI is InChI=1S/C11H22N2O/c1-5-6-13-7-10(8-14)12(4)11(2,3)9-13/h5,10,14H,1,6-9H2,2-4H3. The Hall–Kier alpha value is -0.380. The third-order valence-electron chi connectivity index (χ3n) is 3.18. The Bertz CT molecular complexity index is 203. The van der Waals surface area contributed by atoms with Crippen molar-refractivity contribution in [2.75, 3.05) is 33.3 Å². The zero-order valence-corrected chi connectivity index (χ0v) is 9.53. The van der Waals surface area contributed by atoms with E-state index < -0.39 is 0 Å². The number of nitrogens with zero attached hydrogens (tertiary/aromatic N) is 2. The Morgan fingerprint density at radius 3 is 2.71 bits per heavy atom. The van der Waals surface area contributed by atoms with Gasteiger partial charge in [-0.1, -0.05) is 6.08 Å². The second-order valence-corrected chi connectivity index (χ2v) is 4.74. The van der Waals surface area contributed by atoms with Gasteiger partial charge in [0.15, 0.2) is 0 Å². The predicted octanol–water partition coefficient (Wildman–Crippen LogP) is 0.559. The van der Waals surface area contributed by atoms with Crippen molar-refractivity contribution < 1.29 is 5.11 Å². The van der Waals surface area contributed by atoms with Crippen LogP contribution in [-0.4, -0.2) is 59.8 Å². The summed E-state index contributed by atoms with van der Waals surface area (Å²) in [6, 6.07) is 0.249. The maximum absolute atomic E-state index is 9.29. The first-order valence-electron chi connectivity index (χ1n) is 5.18. The molecule has 0 saturated carbocycles. The maximum atomic E-state index is 9.29. The summed E-state index contributed by atoms with van der Waals surface area (Å²) < 4.78 is 0. The van der Waals surface area contributed by atoms with E-state index in [0.29, 0.717) is 0 Å². The zero-order chi connectivity index (χ0) is 10.8. The van der Waals surface area contributed by atoms with Crippen LogP contribution in [0, 0.1) is 0 Å². The quantitative estimate of drug-likeness (QED) is 0.671. The normalized spacial score (nSPS) is 29.0. The summed E-state index contributed by atoms with van der Waals surface area (Å²) in [5.74, 6) is 0. The molecule has 1 rings (SSSR count). The van der Waals surface area contributed by atoms with E-state index in [1.165, 1.54) is 0 Å². The summed E-state index contributed by atoms with van der Waals surface area (Å²) in [7, 11) is 2.09. The van der Waals surface area contributed by atoms with Gasteiger partial charge in [-0.15, -0.1) is 6.58 Å². The average molecular weight is 198 g/mol. The van der Waals surface area contributed by atoms with Crippen molar-refractivity contribution in [3.8, 4) is 0 Å². The molecule has 82 valence electrons. The third kappa shape index (κ3) is 2.35. The van der Waals surface area contributed by atoms with Crippen molar-refractivity contribution in [1.29, 1.82) is 0 Å². The fraction of sp³-hybridized carbons (Fsp3) is 0.818. The van der Waals surface area contributed by atoms with Crippen LogP contribution >= 0.6 is 0 Å². The van der Waals surface area contributed by atoms with Crippen LogP contribution in [0.5, 0.6) is 0 Å². The summed E-state index contributed by atoms with van der Waals surface area (Å²) >= 11 is 0. The monoisotopic (exact) mass is 198 g/mol. The molecule has 0 spiro atoms. The molecule has 0 bridgehead atoms. The highest BCUT2D eigenvalue weighted by molar-refractivity contribution is 4.95. The molecule has 0 aromatic heterocycles. The number of rotatable bonds is 3. The number of piperazine rings is 1. The van der Waals surface area contributed by atoms with Crippen molar-refractivity contribution in [1.82, 2.24) is 9.80 Å². The molecule has 0 aromatic carbocycles. The van der Waals surface area contributed by atoms with Crippen LogP contribution in [0.1, 0.15) is 13.8 Å². The van der Waals surface area contributed by atoms with Crippen molar-refractivity contribution in [2.45, 2.75) is 25.4 Å². The summed E-state index contributed by atoms with van der Waals surface area (Å²) in [5, 5.41) is 9.29. The first kappa shape index (κ1) is 11.7. The van der Waals surface area contributed by atoms with Gasteiger partial charge in [0.25, 0.3) is 0 Å². The molecule has 1 fully saturated rings. The largest absolute Gasteiger partial charge is 0.395 e. The number of likely N-dealkylation sites (N-methyl/N-ethyl adjacent to an activating group) is 1. The third-order valence-corrected chi connectivity index (χ3v) is 3.18. The van der Waals surface area contributed by atoms with Crippen molar-refractivity contribution in [3.05, 3.63) is 12.7 Å². The Morgan fingerprint density at radius 1 is 1.57 bits per heavy atom. The number of aliphatic hydroxyl groups excluding tert-OH is 1. The maximum Gasteiger partial charge on any atom is 0.0599 e. The van der Waals surface area contributed by atoms with Gasteiger partial charge in [0.1, 0.15) is 0 Å². The van der Waals surface area contributed by atoms with Crippen LogP contribution in [0.15, 0.2) is 12.7 Å². The highest BCUT2D eigenvalue weighted by atomic mass is 16.3. The lowest BCUT2D eigenvalue weighted by molar-refractivity contribution is -0.0225. The lowest BCUT2D eigenvalue weighted by Crippen LogP contribution is -2.63. The summed E-state index contributed by atoms with van der Waals surface area (Å²) in [6.07, 6.45) is 1.93. The Labute approximate surface area is 87.0 Å². The van der Waals surface area contributed by atoms with E-state index in [-0.39, 0.29) is 18.2 Å². The second kappa shape index (κ2) is 4.43. The van der Waals surface area contributed by atoms with Gasteiger partial charge < -0.3 is 5.11 Å². The van der Waals surface area contributed by atoms with Gasteiger partial charge in [0, 0.05) is 31.2 Å². The van der Waals surface area contributed by atoms with Gasteiger partial charge in [0.2, 0.25) is 0 Å². The fourth-order valence-electron chi connectivity index (χ4n) is 2.14. The SMILES string of the molecule is C=CCN1CC(CO)N(C)C(C)(C)C1. The molecule has 1 N–H and O–H groups in total. The second-order valence-electron chi connectivity index (χ2n) is 4.74. The van der Waals surface area contributed by atoms with Crippen molar-refractivity contribution in [2.24, 2.45) is 0 Å². The molecule has 3 heteroatoms. The van der Waals surface area contributed by atoms with Gasteiger partial charge >= 0.3 is 0 Å². The number of hydrogen-bond donors (Lipinski definition) is 1. The van der Waals surface area contributed by atoms with E-state index in [1.807, 2.05) is 6.08 Å². The van der Waals surface area contributed by atoms with Crippen LogP contribution in [0.4, 0.5) is 0 Å². The molecule has 0 aliphatic carbocycles. The van der Waals surface area contributed by atoms with Gasteiger partial charge in [0.05, 0.1) is 6.61 Å². The van der Waals surface area contributed by atoms with Gasteiger partial charge in [-0.3, -0.25) is 9.80 Å². The van der Waals surface area contributed by atoms with Crippen LogP contribution in [-0.2, 0) is 0 Å². The average Bonchev–Trinajstić information content (AvgIpc) is 2.11. The number of hydrogen-bond acceptors (Lipinski definition) is 3. The predicted molar refractivity (Wildman–Crippen MR) is 59.4 cm³/mol. The molecule has 14 heavy (non-hydrogen) atoms. The van der Waals surface area contributed by atoms with E-state index in [2.05, 4.69) is 37.3 Å². The van der Waals surface area contributed by atoms with E-state index >= 15 is 0 Å².